The topological polar surface area (TPSA) is 178 Å². The van der Waals surface area contributed by atoms with Crippen LogP contribution in [0.2, 0.25) is 0 Å². The molecule has 12 nitrogen and oxygen atoms in total. The fourth-order valence-corrected chi connectivity index (χ4v) is 5.93. The Balaban J connectivity index is 2.21. The van der Waals surface area contributed by atoms with Crippen LogP contribution in [0.4, 0.5) is 0 Å². The van der Waals surface area contributed by atoms with Crippen molar-refractivity contribution in [3.05, 3.63) is 36.5 Å². The fourth-order valence-electron chi connectivity index (χ4n) is 5.42. The Morgan fingerprint density at radius 1 is 0.760 bits per heavy atom. The highest BCUT2D eigenvalue weighted by Gasteiger charge is 2.48. The van der Waals surface area contributed by atoms with Gasteiger partial charge in [0.1, 0.15) is 30.5 Å². The maximum atomic E-state index is 12.2. The number of rotatable bonds is 31. The quantitative estimate of drug-likeness (QED) is 0.0271. The normalized spacial score (nSPS) is 22.2. The zero-order valence-electron chi connectivity index (χ0n) is 30.4. The van der Waals surface area contributed by atoms with Gasteiger partial charge in [-0.3, -0.25) is 9.35 Å². The van der Waals surface area contributed by atoms with Crippen LogP contribution in [0.25, 0.3) is 0 Å². The molecule has 0 aromatic carbocycles. The summed E-state index contributed by atoms with van der Waals surface area (Å²) in [5, 5.41) is 30.2. The van der Waals surface area contributed by atoms with Crippen molar-refractivity contribution in [2.24, 2.45) is 0 Å². The molecule has 4 N–H and O–H groups in total. The summed E-state index contributed by atoms with van der Waals surface area (Å²) < 4.78 is 57.9. The maximum absolute atomic E-state index is 12.2. The van der Waals surface area contributed by atoms with Gasteiger partial charge in [-0.05, 0) is 51.4 Å². The fraction of sp³-hybridized carbons (Fsp3) is 0.811. The number of unbranched alkanes of at least 4 members (excludes halogenated alkanes) is 12. The number of ether oxygens (including phenoxy) is 4. The Morgan fingerprint density at radius 2 is 1.32 bits per heavy atom. The third-order valence-corrected chi connectivity index (χ3v) is 8.70. The lowest BCUT2D eigenvalue weighted by molar-refractivity contribution is -0.301. The molecule has 1 heterocycles. The van der Waals surface area contributed by atoms with Crippen molar-refractivity contribution in [3.63, 3.8) is 0 Å². The second kappa shape index (κ2) is 29.9. The van der Waals surface area contributed by atoms with Gasteiger partial charge < -0.3 is 34.3 Å². The lowest BCUT2D eigenvalue weighted by Crippen LogP contribution is -2.60. The van der Waals surface area contributed by atoms with E-state index in [4.69, 9.17) is 23.5 Å². The van der Waals surface area contributed by atoms with Gasteiger partial charge in [-0.2, -0.15) is 8.42 Å². The number of hydrogen-bond donors (Lipinski definition) is 4. The number of aliphatic hydroxyl groups excluding tert-OH is 3. The minimum Gasteiger partial charge on any atom is -0.457 e. The van der Waals surface area contributed by atoms with Gasteiger partial charge in [-0.15, -0.1) is 0 Å². The van der Waals surface area contributed by atoms with E-state index in [2.05, 4.69) is 47.6 Å². The minimum atomic E-state index is -5.04. The first kappa shape index (κ1) is 46.3. The van der Waals surface area contributed by atoms with Crippen molar-refractivity contribution in [1.82, 2.24) is 0 Å². The van der Waals surface area contributed by atoms with Crippen LogP contribution >= 0.6 is 0 Å². The van der Waals surface area contributed by atoms with Gasteiger partial charge in [0.2, 0.25) is 0 Å². The largest absolute Gasteiger partial charge is 0.457 e. The Bertz CT molecular complexity index is 1030. The lowest BCUT2D eigenvalue weighted by atomic mass is 9.99. The molecule has 0 spiro atoms. The molecule has 292 valence electrons. The zero-order chi connectivity index (χ0) is 36.9. The number of allylic oxidation sites excluding steroid dienone is 6. The first-order chi connectivity index (χ1) is 24.1. The highest BCUT2D eigenvalue weighted by atomic mass is 32.3. The molecule has 1 saturated heterocycles. The molecule has 6 unspecified atom stereocenters. The first-order valence-corrected chi connectivity index (χ1v) is 20.1. The highest BCUT2D eigenvalue weighted by Crippen LogP contribution is 2.26. The van der Waals surface area contributed by atoms with E-state index in [1.807, 2.05) is 6.92 Å². The molecule has 6 atom stereocenters. The third kappa shape index (κ3) is 23.7. The van der Waals surface area contributed by atoms with Gasteiger partial charge in [-0.1, -0.05) is 108 Å². The van der Waals surface area contributed by atoms with Crippen LogP contribution in [0, 0.1) is 0 Å². The predicted octanol–water partition coefficient (Wildman–Crippen LogP) is 6.29. The molecule has 13 heteroatoms. The monoisotopic (exact) mass is 734 g/mol. The summed E-state index contributed by atoms with van der Waals surface area (Å²) in [6, 6.07) is 0. The molecule has 0 bridgehead atoms. The summed E-state index contributed by atoms with van der Waals surface area (Å²) in [6.45, 7) is 3.53. The second-order valence-corrected chi connectivity index (χ2v) is 13.9. The molecule has 1 fully saturated rings. The molecular formula is C37H66O12S. The predicted molar refractivity (Wildman–Crippen MR) is 193 cm³/mol. The Kier molecular flexibility index (Phi) is 27.7. The van der Waals surface area contributed by atoms with Gasteiger partial charge in [0, 0.05) is 13.0 Å². The van der Waals surface area contributed by atoms with Crippen molar-refractivity contribution in [1.29, 1.82) is 0 Å². The van der Waals surface area contributed by atoms with Crippen LogP contribution in [-0.4, -0.2) is 97.5 Å². The van der Waals surface area contributed by atoms with E-state index in [1.165, 1.54) is 64.2 Å². The van der Waals surface area contributed by atoms with E-state index in [0.29, 0.717) is 13.0 Å². The van der Waals surface area contributed by atoms with Crippen LogP contribution in [0.1, 0.15) is 129 Å². The summed E-state index contributed by atoms with van der Waals surface area (Å²) in [5.41, 5.74) is 0. The van der Waals surface area contributed by atoms with E-state index in [0.717, 1.165) is 38.5 Å². The smallest absolute Gasteiger partial charge is 0.397 e. The molecule has 0 radical (unpaired) electrons. The first-order valence-electron chi connectivity index (χ1n) is 18.7. The maximum Gasteiger partial charge on any atom is 0.397 e. The summed E-state index contributed by atoms with van der Waals surface area (Å²) >= 11 is 0. The molecule has 0 aromatic rings. The van der Waals surface area contributed by atoms with E-state index < -0.39 is 59.8 Å². The van der Waals surface area contributed by atoms with E-state index in [9.17, 15) is 28.5 Å². The standard InChI is InChI=1S/C37H66O12S/c1-3-5-6-7-8-9-10-11-12-13-14-15-16-17-18-19-20-21-22-23-24-25-27-45-29-31(47-33(39)26-4-2)30-46-37-35(41)36(49-50(42,43)44)34(40)32(28-38)48-37/h10-11,13-14,16-17,31-32,34-38,40-41H,3-9,12,15,18-30H2,1-2H3,(H,42,43,44)/b11-10-,14-13-,17-16-. The van der Waals surface area contributed by atoms with Crippen LogP contribution < -0.4 is 0 Å². The number of hydrogen-bond acceptors (Lipinski definition) is 11. The zero-order valence-corrected chi connectivity index (χ0v) is 31.3. The van der Waals surface area contributed by atoms with Gasteiger partial charge >= 0.3 is 16.4 Å². The van der Waals surface area contributed by atoms with Crippen LogP contribution in [0.3, 0.4) is 0 Å². The van der Waals surface area contributed by atoms with Crippen molar-refractivity contribution in [2.75, 3.05) is 26.4 Å². The minimum absolute atomic E-state index is 0.0227. The van der Waals surface area contributed by atoms with Crippen molar-refractivity contribution in [2.45, 2.75) is 166 Å². The SMILES string of the molecule is CCCCCCC/C=C\C/C=C\C/C=C\CCCCCCCCCOCC(COC1OC(CO)C(O)C(OS(=O)(=O)O)C1O)OC(=O)CCC. The molecule has 50 heavy (non-hydrogen) atoms. The summed E-state index contributed by atoms with van der Waals surface area (Å²) in [5.74, 6) is -0.458. The Hall–Kier alpha value is -1.68. The summed E-state index contributed by atoms with van der Waals surface area (Å²) in [7, 11) is -5.04. The molecule has 1 aliphatic heterocycles. The van der Waals surface area contributed by atoms with Gasteiger partial charge in [-0.25, -0.2) is 4.18 Å². The van der Waals surface area contributed by atoms with Crippen molar-refractivity contribution < 1.29 is 56.2 Å². The lowest BCUT2D eigenvalue weighted by Gasteiger charge is -2.41. The highest BCUT2D eigenvalue weighted by molar-refractivity contribution is 7.80. The Labute approximate surface area is 301 Å². The van der Waals surface area contributed by atoms with Crippen LogP contribution in [0.5, 0.6) is 0 Å². The van der Waals surface area contributed by atoms with E-state index in [-0.39, 0.29) is 19.6 Å². The molecule has 0 saturated carbocycles. The summed E-state index contributed by atoms with van der Waals surface area (Å²) in [4.78, 5) is 12.2. The Morgan fingerprint density at radius 3 is 1.88 bits per heavy atom. The van der Waals surface area contributed by atoms with Gasteiger partial charge in [0.15, 0.2) is 6.29 Å². The molecular weight excluding hydrogens is 668 g/mol. The number of esters is 1. The molecule has 0 amide bonds. The molecule has 1 aliphatic rings. The third-order valence-electron chi connectivity index (χ3n) is 8.24. The van der Waals surface area contributed by atoms with Crippen molar-refractivity contribution >= 4 is 16.4 Å². The molecule has 0 aliphatic carbocycles. The van der Waals surface area contributed by atoms with E-state index in [1.54, 1.807) is 0 Å². The summed E-state index contributed by atoms with van der Waals surface area (Å²) in [6.07, 6.45) is 23.8. The number of carbonyl (C=O) groups is 1. The molecule has 1 rings (SSSR count). The van der Waals surface area contributed by atoms with E-state index >= 15 is 0 Å². The number of carbonyl (C=O) groups excluding carboxylic acids is 1. The average molecular weight is 735 g/mol. The second-order valence-electron chi connectivity index (χ2n) is 12.8. The van der Waals surface area contributed by atoms with Crippen molar-refractivity contribution in [3.8, 4) is 0 Å². The average Bonchev–Trinajstić information content (AvgIpc) is 3.07. The van der Waals surface area contributed by atoms with Gasteiger partial charge in [0.05, 0.1) is 19.8 Å². The van der Waals surface area contributed by atoms with Crippen LogP contribution in [0.15, 0.2) is 36.5 Å². The van der Waals surface area contributed by atoms with Gasteiger partial charge in [0.25, 0.3) is 0 Å². The van der Waals surface area contributed by atoms with Crippen LogP contribution in [-0.2, 0) is 38.3 Å². The number of aliphatic hydroxyl groups is 3. The molecule has 0 aromatic heterocycles.